The highest BCUT2D eigenvalue weighted by molar-refractivity contribution is 9.10. The molecule has 0 saturated carbocycles. The zero-order valence-corrected chi connectivity index (χ0v) is 8.41. The van der Waals surface area contributed by atoms with Crippen LogP contribution in [-0.4, -0.2) is 22.4 Å². The third kappa shape index (κ3) is 1.85. The van der Waals surface area contributed by atoms with Crippen LogP contribution in [0.4, 0.5) is 0 Å². The Bertz CT molecular complexity index is 325. The van der Waals surface area contributed by atoms with Crippen molar-refractivity contribution >= 4 is 21.8 Å². The topological polar surface area (TPSA) is 54.9 Å². The molecule has 1 aromatic rings. The number of nitrogens with zero attached hydrogens (tertiary/aromatic N) is 2. The smallest absolute Gasteiger partial charge is 0.220 e. The van der Waals surface area contributed by atoms with Crippen LogP contribution in [-0.2, 0) is 4.79 Å². The Balaban J connectivity index is 2.17. The summed E-state index contributed by atoms with van der Waals surface area (Å²) in [6.45, 7) is 0.653. The van der Waals surface area contributed by atoms with Gasteiger partial charge in [0.1, 0.15) is 5.82 Å². The fourth-order valence-electron chi connectivity index (χ4n) is 1.32. The Hall–Kier alpha value is -0.970. The zero-order chi connectivity index (χ0) is 9.26. The van der Waals surface area contributed by atoms with Gasteiger partial charge in [0.25, 0.3) is 0 Å². The van der Waals surface area contributed by atoms with Gasteiger partial charge in [-0.1, -0.05) is 0 Å². The van der Waals surface area contributed by atoms with Crippen LogP contribution in [0, 0.1) is 0 Å². The molecule has 1 atom stereocenters. The number of carbonyl (C=O) groups excluding carboxylic acids is 1. The highest BCUT2D eigenvalue weighted by Crippen LogP contribution is 2.19. The first-order valence-corrected chi connectivity index (χ1v) is 4.79. The molecule has 5 heteroatoms. The van der Waals surface area contributed by atoms with Gasteiger partial charge in [0.15, 0.2) is 0 Å². The number of nitrogens with one attached hydrogen (secondary N) is 1. The lowest BCUT2D eigenvalue weighted by atomic mass is 10.1. The predicted molar refractivity (Wildman–Crippen MR) is 50.1 cm³/mol. The maximum absolute atomic E-state index is 10.9. The number of hydrogen-bond donors (Lipinski definition) is 1. The lowest BCUT2D eigenvalue weighted by molar-refractivity contribution is -0.119. The molecule has 0 aliphatic carbocycles. The molecule has 68 valence electrons. The fourth-order valence-corrected chi connectivity index (χ4v) is 1.53. The minimum Gasteiger partial charge on any atom is -0.355 e. The van der Waals surface area contributed by atoms with Crippen LogP contribution >= 0.6 is 15.9 Å². The van der Waals surface area contributed by atoms with Gasteiger partial charge in [-0.2, -0.15) is 0 Å². The van der Waals surface area contributed by atoms with E-state index in [1.54, 1.807) is 12.4 Å². The lowest BCUT2D eigenvalue weighted by Gasteiger charge is -2.03. The van der Waals surface area contributed by atoms with Crippen molar-refractivity contribution in [3.05, 3.63) is 22.7 Å². The normalized spacial score (nSPS) is 21.6. The molecule has 2 heterocycles. The Kier molecular flexibility index (Phi) is 2.26. The van der Waals surface area contributed by atoms with E-state index in [4.69, 9.17) is 0 Å². The van der Waals surface area contributed by atoms with Crippen molar-refractivity contribution in [2.24, 2.45) is 0 Å². The second-order valence-corrected chi connectivity index (χ2v) is 3.88. The molecule has 0 bridgehead atoms. The molecule has 1 aliphatic rings. The SMILES string of the molecule is O=C1CC(c2ncc(Br)cn2)CN1. The summed E-state index contributed by atoms with van der Waals surface area (Å²) in [7, 11) is 0. The molecular weight excluding hydrogens is 234 g/mol. The number of amides is 1. The lowest BCUT2D eigenvalue weighted by Crippen LogP contribution is -2.14. The summed E-state index contributed by atoms with van der Waals surface area (Å²) in [6, 6.07) is 0. The van der Waals surface area contributed by atoms with Crippen LogP contribution in [0.3, 0.4) is 0 Å². The van der Waals surface area contributed by atoms with Crippen LogP contribution in [0.15, 0.2) is 16.9 Å². The number of hydrogen-bond acceptors (Lipinski definition) is 3. The Morgan fingerprint density at radius 3 is 2.69 bits per heavy atom. The molecule has 1 unspecified atom stereocenters. The van der Waals surface area contributed by atoms with E-state index in [1.165, 1.54) is 0 Å². The molecule has 1 aromatic heterocycles. The minimum absolute atomic E-state index is 0.0801. The van der Waals surface area contributed by atoms with E-state index < -0.39 is 0 Å². The average Bonchev–Trinajstić information content (AvgIpc) is 2.53. The van der Waals surface area contributed by atoms with Gasteiger partial charge in [-0.3, -0.25) is 4.79 Å². The number of halogens is 1. The Labute approximate surface area is 83.9 Å². The van der Waals surface area contributed by atoms with Crippen molar-refractivity contribution in [3.8, 4) is 0 Å². The monoisotopic (exact) mass is 241 g/mol. The van der Waals surface area contributed by atoms with E-state index in [0.717, 1.165) is 10.3 Å². The first kappa shape index (κ1) is 8.62. The molecule has 2 rings (SSSR count). The first-order chi connectivity index (χ1) is 6.25. The van der Waals surface area contributed by atoms with E-state index in [0.29, 0.717) is 13.0 Å². The van der Waals surface area contributed by atoms with E-state index in [9.17, 15) is 4.79 Å². The zero-order valence-electron chi connectivity index (χ0n) is 6.83. The Morgan fingerprint density at radius 2 is 2.15 bits per heavy atom. The summed E-state index contributed by atoms with van der Waals surface area (Å²) in [5, 5.41) is 2.75. The maximum atomic E-state index is 10.9. The summed E-state index contributed by atoms with van der Waals surface area (Å²) < 4.78 is 0.855. The number of rotatable bonds is 1. The minimum atomic E-state index is 0.0801. The molecule has 1 fully saturated rings. The van der Waals surface area contributed by atoms with Crippen molar-refractivity contribution in [3.63, 3.8) is 0 Å². The molecule has 1 N–H and O–H groups in total. The van der Waals surface area contributed by atoms with Gasteiger partial charge in [-0.15, -0.1) is 0 Å². The number of carbonyl (C=O) groups is 1. The summed E-state index contributed by atoms with van der Waals surface area (Å²) in [6.07, 6.45) is 3.90. The quantitative estimate of drug-likeness (QED) is 0.793. The van der Waals surface area contributed by atoms with Gasteiger partial charge < -0.3 is 5.32 Å². The molecule has 0 spiro atoms. The van der Waals surface area contributed by atoms with Crippen LogP contribution < -0.4 is 5.32 Å². The van der Waals surface area contributed by atoms with E-state index >= 15 is 0 Å². The summed E-state index contributed by atoms with van der Waals surface area (Å²) in [5.41, 5.74) is 0. The van der Waals surface area contributed by atoms with Gasteiger partial charge in [0.2, 0.25) is 5.91 Å². The molecule has 0 aromatic carbocycles. The fraction of sp³-hybridized carbons (Fsp3) is 0.375. The predicted octanol–water partition coefficient (Wildman–Crippen LogP) is 0.843. The molecule has 0 radical (unpaired) electrons. The second-order valence-electron chi connectivity index (χ2n) is 2.96. The first-order valence-electron chi connectivity index (χ1n) is 4.00. The molecular formula is C8H8BrN3O. The van der Waals surface area contributed by atoms with Crippen molar-refractivity contribution in [1.82, 2.24) is 15.3 Å². The largest absolute Gasteiger partial charge is 0.355 e. The van der Waals surface area contributed by atoms with Crippen molar-refractivity contribution in [1.29, 1.82) is 0 Å². The summed E-state index contributed by atoms with van der Waals surface area (Å²) >= 11 is 3.26. The standard InChI is InChI=1S/C8H8BrN3O/c9-6-3-11-8(12-4-6)5-1-7(13)10-2-5/h3-5H,1-2H2,(H,10,13). The number of aromatic nitrogens is 2. The van der Waals surface area contributed by atoms with Gasteiger partial charge in [0, 0.05) is 31.3 Å². The van der Waals surface area contributed by atoms with Crippen molar-refractivity contribution in [2.75, 3.05) is 6.54 Å². The molecule has 1 amide bonds. The van der Waals surface area contributed by atoms with Crippen LogP contribution in [0.2, 0.25) is 0 Å². The summed E-state index contributed by atoms with van der Waals surface area (Å²) in [4.78, 5) is 19.2. The molecule has 1 saturated heterocycles. The van der Waals surface area contributed by atoms with E-state index in [-0.39, 0.29) is 11.8 Å². The Morgan fingerprint density at radius 1 is 1.46 bits per heavy atom. The summed E-state index contributed by atoms with van der Waals surface area (Å²) in [5.74, 6) is 0.957. The molecule has 4 nitrogen and oxygen atoms in total. The van der Waals surface area contributed by atoms with E-state index in [2.05, 4.69) is 31.2 Å². The van der Waals surface area contributed by atoms with Gasteiger partial charge in [-0.05, 0) is 15.9 Å². The maximum Gasteiger partial charge on any atom is 0.220 e. The van der Waals surface area contributed by atoms with Crippen molar-refractivity contribution in [2.45, 2.75) is 12.3 Å². The molecule has 1 aliphatic heterocycles. The van der Waals surface area contributed by atoms with Crippen LogP contribution in [0.1, 0.15) is 18.2 Å². The van der Waals surface area contributed by atoms with Gasteiger partial charge in [-0.25, -0.2) is 9.97 Å². The van der Waals surface area contributed by atoms with Crippen molar-refractivity contribution < 1.29 is 4.79 Å². The van der Waals surface area contributed by atoms with E-state index in [1.807, 2.05) is 0 Å². The van der Waals surface area contributed by atoms with Gasteiger partial charge >= 0.3 is 0 Å². The van der Waals surface area contributed by atoms with Crippen LogP contribution in [0.5, 0.6) is 0 Å². The third-order valence-corrected chi connectivity index (χ3v) is 2.39. The molecule has 13 heavy (non-hydrogen) atoms. The van der Waals surface area contributed by atoms with Gasteiger partial charge in [0.05, 0.1) is 4.47 Å². The second kappa shape index (κ2) is 3.41. The third-order valence-electron chi connectivity index (χ3n) is 1.98. The highest BCUT2D eigenvalue weighted by atomic mass is 79.9. The van der Waals surface area contributed by atoms with Crippen LogP contribution in [0.25, 0.3) is 0 Å². The highest BCUT2D eigenvalue weighted by Gasteiger charge is 2.24. The average molecular weight is 242 g/mol.